The first-order chi connectivity index (χ1) is 12.4. The van der Waals surface area contributed by atoms with E-state index < -0.39 is 18.5 Å². The Balaban J connectivity index is 2.77. The van der Waals surface area contributed by atoms with Gasteiger partial charge in [-0.05, 0) is 31.6 Å². The Kier molecular flexibility index (Phi) is 9.12. The summed E-state index contributed by atoms with van der Waals surface area (Å²) in [6.45, 7) is 5.31. The molecule has 142 valence electrons. The summed E-state index contributed by atoms with van der Waals surface area (Å²) in [7, 11) is 3.15. The van der Waals surface area contributed by atoms with E-state index in [0.717, 1.165) is 17.0 Å². The Bertz CT molecular complexity index is 700. The number of nitrogens with zero attached hydrogens (tertiary/aromatic N) is 2. The SMILES string of the molecule is COCCNC(=O)COC(=O)/C(C#N)=C/c1cc(C)n(CCOC)c1C. The van der Waals surface area contributed by atoms with Crippen LogP contribution in [0.3, 0.4) is 0 Å². The molecule has 0 aliphatic carbocycles. The number of hydrogen-bond acceptors (Lipinski definition) is 6. The summed E-state index contributed by atoms with van der Waals surface area (Å²) in [5.41, 5.74) is 2.49. The summed E-state index contributed by atoms with van der Waals surface area (Å²) >= 11 is 0. The van der Waals surface area contributed by atoms with Crippen molar-refractivity contribution in [1.29, 1.82) is 5.26 Å². The number of hydrogen-bond donors (Lipinski definition) is 1. The average Bonchev–Trinajstić information content (AvgIpc) is 2.89. The van der Waals surface area contributed by atoms with Crippen molar-refractivity contribution in [2.75, 3.05) is 40.6 Å². The molecule has 0 aromatic carbocycles. The fourth-order valence-corrected chi connectivity index (χ4v) is 2.35. The highest BCUT2D eigenvalue weighted by Crippen LogP contribution is 2.18. The molecule has 1 heterocycles. The van der Waals surface area contributed by atoms with E-state index in [2.05, 4.69) is 5.32 Å². The number of carbonyl (C=O) groups is 2. The third kappa shape index (κ3) is 6.35. The van der Waals surface area contributed by atoms with Gasteiger partial charge in [0.1, 0.15) is 11.6 Å². The van der Waals surface area contributed by atoms with Crippen LogP contribution in [0.4, 0.5) is 0 Å². The lowest BCUT2D eigenvalue weighted by Gasteiger charge is -2.08. The number of ether oxygens (including phenoxy) is 3. The summed E-state index contributed by atoms with van der Waals surface area (Å²) in [5, 5.41) is 11.8. The van der Waals surface area contributed by atoms with Gasteiger partial charge in [0.15, 0.2) is 6.61 Å². The third-order valence-electron chi connectivity index (χ3n) is 3.73. The molecule has 0 saturated heterocycles. The fourth-order valence-electron chi connectivity index (χ4n) is 2.35. The van der Waals surface area contributed by atoms with E-state index in [1.54, 1.807) is 7.11 Å². The smallest absolute Gasteiger partial charge is 0.349 e. The predicted octanol–water partition coefficient (Wildman–Crippen LogP) is 0.964. The maximum atomic E-state index is 12.0. The minimum Gasteiger partial charge on any atom is -0.451 e. The van der Waals surface area contributed by atoms with E-state index in [1.165, 1.54) is 13.2 Å². The number of amides is 1. The summed E-state index contributed by atoms with van der Waals surface area (Å²) in [5.74, 6) is -1.29. The molecule has 0 bridgehead atoms. The Hall–Kier alpha value is -2.63. The number of aryl methyl sites for hydroxylation is 1. The van der Waals surface area contributed by atoms with Gasteiger partial charge in [0, 0.05) is 38.7 Å². The zero-order valence-electron chi connectivity index (χ0n) is 15.6. The molecule has 0 atom stereocenters. The third-order valence-corrected chi connectivity index (χ3v) is 3.73. The van der Waals surface area contributed by atoms with Crippen molar-refractivity contribution in [1.82, 2.24) is 9.88 Å². The van der Waals surface area contributed by atoms with Crippen molar-refractivity contribution in [3.8, 4) is 6.07 Å². The van der Waals surface area contributed by atoms with Crippen molar-refractivity contribution in [3.63, 3.8) is 0 Å². The van der Waals surface area contributed by atoms with Gasteiger partial charge in [-0.2, -0.15) is 5.26 Å². The van der Waals surface area contributed by atoms with Crippen molar-refractivity contribution < 1.29 is 23.8 Å². The van der Waals surface area contributed by atoms with Gasteiger partial charge < -0.3 is 24.1 Å². The summed E-state index contributed by atoms with van der Waals surface area (Å²) < 4.78 is 16.8. The summed E-state index contributed by atoms with van der Waals surface area (Å²) in [4.78, 5) is 23.6. The first-order valence-corrected chi connectivity index (χ1v) is 8.14. The van der Waals surface area contributed by atoms with Crippen LogP contribution in [-0.2, 0) is 30.3 Å². The van der Waals surface area contributed by atoms with Gasteiger partial charge >= 0.3 is 5.97 Å². The zero-order chi connectivity index (χ0) is 19.5. The predicted molar refractivity (Wildman–Crippen MR) is 95.2 cm³/mol. The quantitative estimate of drug-likeness (QED) is 0.287. The highest BCUT2D eigenvalue weighted by molar-refractivity contribution is 5.99. The fraction of sp³-hybridized carbons (Fsp3) is 0.500. The standard InChI is InChI=1S/C18H25N3O5/c1-13-9-15(14(2)21(13)6-8-25-4)10-16(11-19)18(23)26-12-17(22)20-5-7-24-3/h9-10H,5-8,12H2,1-4H3,(H,20,22)/b16-10+. The first kappa shape index (κ1) is 21.4. The molecule has 0 saturated carbocycles. The molecular weight excluding hydrogens is 338 g/mol. The molecular formula is C18H25N3O5. The number of nitriles is 1. The minimum atomic E-state index is -0.837. The molecule has 0 fully saturated rings. The molecule has 0 radical (unpaired) electrons. The van der Waals surface area contributed by atoms with Crippen LogP contribution in [0.25, 0.3) is 6.08 Å². The highest BCUT2D eigenvalue weighted by atomic mass is 16.5. The lowest BCUT2D eigenvalue weighted by atomic mass is 10.1. The lowest BCUT2D eigenvalue weighted by Crippen LogP contribution is -2.31. The molecule has 1 rings (SSSR count). The minimum absolute atomic E-state index is 0.165. The molecule has 8 heteroatoms. The van der Waals surface area contributed by atoms with Gasteiger partial charge in [0.2, 0.25) is 0 Å². The van der Waals surface area contributed by atoms with Gasteiger partial charge in [-0.25, -0.2) is 4.79 Å². The van der Waals surface area contributed by atoms with Crippen molar-refractivity contribution in [2.24, 2.45) is 0 Å². The second-order valence-corrected chi connectivity index (χ2v) is 5.56. The van der Waals surface area contributed by atoms with Crippen LogP contribution >= 0.6 is 0 Å². The molecule has 26 heavy (non-hydrogen) atoms. The van der Waals surface area contributed by atoms with Crippen molar-refractivity contribution in [2.45, 2.75) is 20.4 Å². The number of nitrogens with one attached hydrogen (secondary N) is 1. The van der Waals surface area contributed by atoms with Crippen molar-refractivity contribution in [3.05, 3.63) is 28.6 Å². The van der Waals surface area contributed by atoms with Gasteiger partial charge in [-0.3, -0.25) is 4.79 Å². The van der Waals surface area contributed by atoms with Gasteiger partial charge in [-0.15, -0.1) is 0 Å². The van der Waals surface area contributed by atoms with E-state index in [1.807, 2.05) is 30.6 Å². The van der Waals surface area contributed by atoms with Crippen LogP contribution in [0.2, 0.25) is 0 Å². The topological polar surface area (TPSA) is 103 Å². The van der Waals surface area contributed by atoms with Crippen LogP contribution < -0.4 is 5.32 Å². The normalized spacial score (nSPS) is 11.1. The zero-order valence-corrected chi connectivity index (χ0v) is 15.6. The van der Waals surface area contributed by atoms with Gasteiger partial charge in [0.05, 0.1) is 13.2 Å². The Morgan fingerprint density at radius 1 is 1.27 bits per heavy atom. The van der Waals surface area contributed by atoms with E-state index in [0.29, 0.717) is 26.3 Å². The second-order valence-electron chi connectivity index (χ2n) is 5.56. The number of aromatic nitrogens is 1. The van der Waals surface area contributed by atoms with Crippen LogP contribution in [0.1, 0.15) is 17.0 Å². The van der Waals surface area contributed by atoms with Gasteiger partial charge in [-0.1, -0.05) is 0 Å². The largest absolute Gasteiger partial charge is 0.451 e. The van der Waals surface area contributed by atoms with E-state index >= 15 is 0 Å². The first-order valence-electron chi connectivity index (χ1n) is 8.14. The molecule has 1 aromatic rings. The molecule has 1 amide bonds. The Labute approximate surface area is 153 Å². The Morgan fingerprint density at radius 3 is 2.58 bits per heavy atom. The molecule has 0 aliphatic rings. The van der Waals surface area contributed by atoms with Crippen LogP contribution in [0.15, 0.2) is 11.6 Å². The number of carbonyl (C=O) groups excluding carboxylic acids is 2. The van der Waals surface area contributed by atoms with E-state index in [-0.39, 0.29) is 5.57 Å². The monoisotopic (exact) mass is 363 g/mol. The van der Waals surface area contributed by atoms with E-state index in [4.69, 9.17) is 14.2 Å². The molecule has 1 aromatic heterocycles. The summed E-state index contributed by atoms with van der Waals surface area (Å²) in [6.07, 6.45) is 1.47. The number of methoxy groups -OCH3 is 2. The lowest BCUT2D eigenvalue weighted by molar-refractivity contribution is -0.144. The molecule has 8 nitrogen and oxygen atoms in total. The average molecular weight is 363 g/mol. The highest BCUT2D eigenvalue weighted by Gasteiger charge is 2.15. The maximum Gasteiger partial charge on any atom is 0.349 e. The molecule has 0 spiro atoms. The molecule has 0 aliphatic heterocycles. The molecule has 1 N–H and O–H groups in total. The number of rotatable bonds is 10. The van der Waals surface area contributed by atoms with Crippen LogP contribution in [0, 0.1) is 25.2 Å². The second kappa shape index (κ2) is 11.1. The molecule has 0 unspecified atom stereocenters. The van der Waals surface area contributed by atoms with Crippen LogP contribution in [0.5, 0.6) is 0 Å². The summed E-state index contributed by atoms with van der Waals surface area (Å²) in [6, 6.07) is 3.71. The maximum absolute atomic E-state index is 12.0. The van der Waals surface area contributed by atoms with Crippen molar-refractivity contribution >= 4 is 18.0 Å². The van der Waals surface area contributed by atoms with Crippen LogP contribution in [-0.4, -0.2) is 57.0 Å². The van der Waals surface area contributed by atoms with Gasteiger partial charge in [0.25, 0.3) is 5.91 Å². The number of esters is 1. The van der Waals surface area contributed by atoms with E-state index in [9.17, 15) is 14.9 Å². The Morgan fingerprint density at radius 2 is 1.96 bits per heavy atom.